The smallest absolute Gasteiger partial charge is 0.255 e. The topological polar surface area (TPSA) is 64.6 Å². The Morgan fingerprint density at radius 2 is 2.29 bits per heavy atom. The van der Waals surface area contributed by atoms with E-state index in [0.29, 0.717) is 0 Å². The SMILES string of the molecule is O=S1(=O)NOCO1. The van der Waals surface area contributed by atoms with Gasteiger partial charge in [0.2, 0.25) is 0 Å². The van der Waals surface area contributed by atoms with Gasteiger partial charge in [0.05, 0.1) is 0 Å². The van der Waals surface area contributed by atoms with Crippen molar-refractivity contribution in [2.75, 3.05) is 6.79 Å². The van der Waals surface area contributed by atoms with Gasteiger partial charge in [0, 0.05) is 0 Å². The number of rotatable bonds is 0. The van der Waals surface area contributed by atoms with Crippen molar-refractivity contribution in [2.45, 2.75) is 0 Å². The highest BCUT2D eigenvalue weighted by Crippen LogP contribution is 1.94. The molecule has 0 amide bonds. The fraction of sp³-hybridized carbons (Fsp3) is 1.00. The van der Waals surface area contributed by atoms with Gasteiger partial charge in [-0.15, -0.1) is 0 Å². The lowest BCUT2D eigenvalue weighted by atomic mass is 11.5. The fourth-order valence-electron chi connectivity index (χ4n) is 0.208. The first-order valence-corrected chi connectivity index (χ1v) is 2.89. The highest BCUT2D eigenvalue weighted by molar-refractivity contribution is 7.84. The minimum absolute atomic E-state index is 0.234. The number of nitrogens with one attached hydrogen (secondary N) is 1. The van der Waals surface area contributed by atoms with Gasteiger partial charge in [0.25, 0.3) is 0 Å². The first-order chi connectivity index (χ1) is 3.21. The molecule has 42 valence electrons. The molecule has 1 N–H and O–H groups in total. The van der Waals surface area contributed by atoms with Gasteiger partial charge in [-0.05, 0) is 0 Å². The van der Waals surface area contributed by atoms with Crippen LogP contribution in [0.25, 0.3) is 0 Å². The molecular weight excluding hydrogens is 122 g/mol. The first-order valence-electron chi connectivity index (χ1n) is 1.49. The lowest BCUT2D eigenvalue weighted by Crippen LogP contribution is -2.12. The molecule has 0 aromatic heterocycles. The van der Waals surface area contributed by atoms with E-state index in [9.17, 15) is 8.42 Å². The van der Waals surface area contributed by atoms with E-state index in [0.717, 1.165) is 0 Å². The van der Waals surface area contributed by atoms with Crippen LogP contribution in [0.2, 0.25) is 0 Å². The molecule has 0 spiro atoms. The summed E-state index contributed by atoms with van der Waals surface area (Å²) >= 11 is 0. The zero-order valence-corrected chi connectivity index (χ0v) is 4.06. The molecule has 1 aliphatic rings. The maximum atomic E-state index is 9.97. The van der Waals surface area contributed by atoms with Crippen LogP contribution >= 0.6 is 0 Å². The zero-order chi connectivity index (χ0) is 5.33. The molecule has 0 aromatic rings. The summed E-state index contributed by atoms with van der Waals surface area (Å²) in [7, 11) is -3.52. The molecule has 0 bridgehead atoms. The molecule has 0 radical (unpaired) electrons. The van der Waals surface area contributed by atoms with Crippen LogP contribution in [0.15, 0.2) is 0 Å². The zero-order valence-electron chi connectivity index (χ0n) is 3.25. The van der Waals surface area contributed by atoms with Gasteiger partial charge < -0.3 is 0 Å². The average molecular weight is 125 g/mol. The van der Waals surface area contributed by atoms with Gasteiger partial charge >= 0.3 is 10.3 Å². The average Bonchev–Trinajstić information content (AvgIpc) is 1.84. The molecule has 0 aromatic carbocycles. The Balaban J connectivity index is 2.76. The summed E-state index contributed by atoms with van der Waals surface area (Å²) in [6.45, 7) is -0.234. The van der Waals surface area contributed by atoms with Crippen LogP contribution in [-0.4, -0.2) is 15.2 Å². The molecule has 0 atom stereocenters. The van der Waals surface area contributed by atoms with Crippen molar-refractivity contribution in [2.24, 2.45) is 0 Å². The van der Waals surface area contributed by atoms with Gasteiger partial charge in [0.15, 0.2) is 6.79 Å². The second-order valence-corrected chi connectivity index (χ2v) is 2.23. The standard InChI is InChI=1S/CH3NO4S/c3-7(4)2-5-1-6-7/h2H,1H2. The Kier molecular flexibility index (Phi) is 1.00. The Morgan fingerprint density at radius 3 is 2.43 bits per heavy atom. The second-order valence-electron chi connectivity index (χ2n) is 0.917. The quantitative estimate of drug-likeness (QED) is 0.439. The minimum Gasteiger partial charge on any atom is -0.255 e. The van der Waals surface area contributed by atoms with Crippen molar-refractivity contribution in [1.82, 2.24) is 4.89 Å². The van der Waals surface area contributed by atoms with Gasteiger partial charge in [-0.2, -0.15) is 8.42 Å². The van der Waals surface area contributed by atoms with Crippen LogP contribution in [0.5, 0.6) is 0 Å². The summed E-state index contributed by atoms with van der Waals surface area (Å²) in [5.41, 5.74) is 0. The van der Waals surface area contributed by atoms with Gasteiger partial charge in [-0.25, -0.2) is 4.18 Å². The van der Waals surface area contributed by atoms with Crippen molar-refractivity contribution in [3.8, 4) is 0 Å². The molecule has 7 heavy (non-hydrogen) atoms. The molecular formula is CH3NO4S. The lowest BCUT2D eigenvalue weighted by Gasteiger charge is -1.81. The molecule has 1 saturated heterocycles. The second kappa shape index (κ2) is 1.41. The molecule has 0 unspecified atom stereocenters. The summed E-state index contributed by atoms with van der Waals surface area (Å²) in [5, 5.41) is 0. The van der Waals surface area contributed by atoms with E-state index in [2.05, 4.69) is 9.02 Å². The van der Waals surface area contributed by atoms with Gasteiger partial charge in [0.1, 0.15) is 0 Å². The van der Waals surface area contributed by atoms with E-state index >= 15 is 0 Å². The largest absolute Gasteiger partial charge is 0.360 e. The molecule has 1 fully saturated rings. The van der Waals surface area contributed by atoms with Crippen molar-refractivity contribution in [3.05, 3.63) is 0 Å². The Morgan fingerprint density at radius 1 is 1.57 bits per heavy atom. The van der Waals surface area contributed by atoms with E-state index in [4.69, 9.17) is 0 Å². The summed E-state index contributed by atoms with van der Waals surface area (Å²) < 4.78 is 23.9. The predicted molar refractivity (Wildman–Crippen MR) is 19.1 cm³/mol. The van der Waals surface area contributed by atoms with Crippen LogP contribution in [-0.2, 0) is 19.3 Å². The van der Waals surface area contributed by atoms with Crippen molar-refractivity contribution < 1.29 is 17.4 Å². The monoisotopic (exact) mass is 125 g/mol. The van der Waals surface area contributed by atoms with Crippen molar-refractivity contribution in [1.29, 1.82) is 0 Å². The number of hydrogen-bond acceptors (Lipinski definition) is 4. The van der Waals surface area contributed by atoms with Crippen LogP contribution in [0.4, 0.5) is 0 Å². The highest BCUT2D eigenvalue weighted by Gasteiger charge is 2.16. The van der Waals surface area contributed by atoms with Crippen LogP contribution in [0, 0.1) is 0 Å². The molecule has 0 aliphatic carbocycles. The molecule has 5 nitrogen and oxygen atoms in total. The third-order valence-corrected chi connectivity index (χ3v) is 1.15. The number of hydrogen-bond donors (Lipinski definition) is 1. The third kappa shape index (κ3) is 1.10. The third-order valence-electron chi connectivity index (χ3n) is 0.423. The van der Waals surface area contributed by atoms with Crippen LogP contribution in [0.1, 0.15) is 0 Å². The van der Waals surface area contributed by atoms with Crippen LogP contribution in [0.3, 0.4) is 0 Å². The first kappa shape index (κ1) is 4.98. The minimum atomic E-state index is -3.52. The Labute approximate surface area is 40.4 Å². The molecule has 0 saturated carbocycles. The lowest BCUT2D eigenvalue weighted by molar-refractivity contribution is 0.0434. The van der Waals surface area contributed by atoms with Gasteiger partial charge in [-0.3, -0.25) is 4.84 Å². The van der Waals surface area contributed by atoms with E-state index in [1.165, 1.54) is 0 Å². The maximum absolute atomic E-state index is 9.97. The summed E-state index contributed by atoms with van der Waals surface area (Å²) in [4.78, 5) is 5.75. The van der Waals surface area contributed by atoms with E-state index in [-0.39, 0.29) is 6.79 Å². The van der Waals surface area contributed by atoms with E-state index in [1.54, 1.807) is 4.89 Å². The normalized spacial score (nSPS) is 28.0. The summed E-state index contributed by atoms with van der Waals surface area (Å²) in [6, 6.07) is 0. The molecule has 1 aliphatic heterocycles. The van der Waals surface area contributed by atoms with Crippen molar-refractivity contribution in [3.63, 3.8) is 0 Å². The molecule has 6 heteroatoms. The maximum Gasteiger partial charge on any atom is 0.360 e. The van der Waals surface area contributed by atoms with Crippen molar-refractivity contribution >= 4 is 10.3 Å². The Hall–Kier alpha value is -0.170. The van der Waals surface area contributed by atoms with Crippen LogP contribution < -0.4 is 4.89 Å². The Bertz CT molecular complexity index is 135. The molecule has 1 heterocycles. The highest BCUT2D eigenvalue weighted by atomic mass is 32.2. The summed E-state index contributed by atoms with van der Waals surface area (Å²) in [5.74, 6) is 0. The predicted octanol–water partition coefficient (Wildman–Crippen LogP) is -1.26. The van der Waals surface area contributed by atoms with E-state index < -0.39 is 10.3 Å². The summed E-state index contributed by atoms with van der Waals surface area (Å²) in [6.07, 6.45) is 0. The van der Waals surface area contributed by atoms with Gasteiger partial charge in [-0.1, -0.05) is 4.89 Å². The fourth-order valence-corrected chi connectivity index (χ4v) is 0.623. The van der Waals surface area contributed by atoms with E-state index in [1.807, 2.05) is 0 Å². The molecule has 1 rings (SSSR count).